The van der Waals surface area contributed by atoms with Gasteiger partial charge in [0.15, 0.2) is 0 Å². The highest BCUT2D eigenvalue weighted by atomic mass is 16.5. The van der Waals surface area contributed by atoms with Crippen LogP contribution in [-0.2, 0) is 11.2 Å². The van der Waals surface area contributed by atoms with Crippen molar-refractivity contribution in [3.63, 3.8) is 0 Å². The summed E-state index contributed by atoms with van der Waals surface area (Å²) in [5.74, 6) is 0.966. The zero-order chi connectivity index (χ0) is 14.7. The van der Waals surface area contributed by atoms with Crippen LogP contribution in [0.5, 0.6) is 5.75 Å². The highest BCUT2D eigenvalue weighted by Gasteiger charge is 2.20. The van der Waals surface area contributed by atoms with Gasteiger partial charge in [-0.2, -0.15) is 0 Å². The fourth-order valence-corrected chi connectivity index (χ4v) is 2.83. The first-order chi connectivity index (χ1) is 10.3. The van der Waals surface area contributed by atoms with Gasteiger partial charge in [0.25, 0.3) is 0 Å². The Hall–Kier alpha value is -1.58. The Balaban J connectivity index is 1.98. The zero-order valence-corrected chi connectivity index (χ0v) is 12.5. The van der Waals surface area contributed by atoms with Gasteiger partial charge in [-0.3, -0.25) is 0 Å². The van der Waals surface area contributed by atoms with Crippen molar-refractivity contribution in [2.24, 2.45) is 5.73 Å². The summed E-state index contributed by atoms with van der Waals surface area (Å²) in [7, 11) is 0. The molecule has 0 spiro atoms. The maximum Gasteiger partial charge on any atom is 0.124 e. The van der Waals surface area contributed by atoms with Gasteiger partial charge < -0.3 is 15.2 Å². The Morgan fingerprint density at radius 1 is 1.29 bits per heavy atom. The molecule has 21 heavy (non-hydrogen) atoms. The molecule has 3 rings (SSSR count). The molecule has 0 radical (unpaired) electrons. The molecular weight excluding hydrogens is 262 g/mol. The second-order valence-electron chi connectivity index (χ2n) is 5.74. The normalized spacial score (nSPS) is 19.8. The molecule has 112 valence electrons. The van der Waals surface area contributed by atoms with Crippen LogP contribution in [-0.4, -0.2) is 25.4 Å². The molecule has 1 aliphatic rings. The summed E-state index contributed by atoms with van der Waals surface area (Å²) in [6, 6.07) is 12.8. The minimum Gasteiger partial charge on any atom is -0.488 e. The van der Waals surface area contributed by atoms with Gasteiger partial charge in [0, 0.05) is 18.0 Å². The van der Waals surface area contributed by atoms with E-state index in [9.17, 15) is 0 Å². The average Bonchev–Trinajstić information content (AvgIpc) is 3.02. The number of benzene rings is 2. The molecule has 0 amide bonds. The maximum absolute atomic E-state index is 6.19. The van der Waals surface area contributed by atoms with E-state index >= 15 is 0 Å². The van der Waals surface area contributed by atoms with Crippen molar-refractivity contribution in [2.75, 3.05) is 13.2 Å². The van der Waals surface area contributed by atoms with E-state index in [2.05, 4.69) is 43.3 Å². The second kappa shape index (κ2) is 6.46. The Morgan fingerprint density at radius 2 is 2.14 bits per heavy atom. The topological polar surface area (TPSA) is 44.5 Å². The lowest BCUT2D eigenvalue weighted by Gasteiger charge is -2.19. The van der Waals surface area contributed by atoms with E-state index in [1.54, 1.807) is 0 Å². The van der Waals surface area contributed by atoms with Crippen LogP contribution in [0.2, 0.25) is 0 Å². The minimum atomic E-state index is 0.165. The monoisotopic (exact) mass is 285 g/mol. The van der Waals surface area contributed by atoms with Crippen molar-refractivity contribution in [1.82, 2.24) is 0 Å². The Bertz CT molecular complexity index is 605. The Labute approximate surface area is 126 Å². The van der Waals surface area contributed by atoms with Crippen LogP contribution < -0.4 is 10.5 Å². The van der Waals surface area contributed by atoms with Crippen LogP contribution in [0, 0.1) is 0 Å². The van der Waals surface area contributed by atoms with Crippen molar-refractivity contribution in [3.8, 4) is 5.75 Å². The van der Waals surface area contributed by atoms with Crippen molar-refractivity contribution < 1.29 is 9.47 Å². The van der Waals surface area contributed by atoms with Gasteiger partial charge in [0.05, 0.1) is 13.2 Å². The summed E-state index contributed by atoms with van der Waals surface area (Å²) >= 11 is 0. The van der Waals surface area contributed by atoms with E-state index in [4.69, 9.17) is 15.2 Å². The predicted molar refractivity (Wildman–Crippen MR) is 85.8 cm³/mol. The zero-order valence-electron chi connectivity index (χ0n) is 12.5. The third kappa shape index (κ3) is 3.20. The Kier molecular flexibility index (Phi) is 4.42. The van der Waals surface area contributed by atoms with E-state index in [-0.39, 0.29) is 12.1 Å². The molecule has 0 aromatic heterocycles. The van der Waals surface area contributed by atoms with Crippen molar-refractivity contribution in [2.45, 2.75) is 38.3 Å². The number of fused-ring (bicyclic) bond motifs is 1. The molecular formula is C18H23NO2. The number of hydrogen-bond donors (Lipinski definition) is 1. The summed E-state index contributed by atoms with van der Waals surface area (Å²) < 4.78 is 11.6. The van der Waals surface area contributed by atoms with E-state index in [1.807, 2.05) is 0 Å². The smallest absolute Gasteiger partial charge is 0.124 e. The van der Waals surface area contributed by atoms with Crippen molar-refractivity contribution in [1.29, 1.82) is 0 Å². The molecule has 2 aromatic carbocycles. The summed E-state index contributed by atoms with van der Waals surface area (Å²) in [4.78, 5) is 0. The average molecular weight is 285 g/mol. The summed E-state index contributed by atoms with van der Waals surface area (Å²) in [6.07, 6.45) is 2.95. The molecule has 2 N–H and O–H groups in total. The van der Waals surface area contributed by atoms with Crippen LogP contribution in [0.1, 0.15) is 25.3 Å². The van der Waals surface area contributed by atoms with Crippen molar-refractivity contribution in [3.05, 3.63) is 42.0 Å². The van der Waals surface area contributed by atoms with Crippen LogP contribution in [0.3, 0.4) is 0 Å². The minimum absolute atomic E-state index is 0.165. The molecule has 1 heterocycles. The standard InChI is InChI=1S/C18H23NO2/c1-2-14(19)11-17-16-6-4-3-5-13(16)7-8-18(17)21-15-9-10-20-12-15/h3-8,14-15H,2,9-12,19H2,1H3. The quantitative estimate of drug-likeness (QED) is 0.917. The molecule has 2 atom stereocenters. The lowest BCUT2D eigenvalue weighted by atomic mass is 9.97. The highest BCUT2D eigenvalue weighted by Crippen LogP contribution is 2.31. The first kappa shape index (κ1) is 14.4. The molecule has 2 unspecified atom stereocenters. The van der Waals surface area contributed by atoms with E-state index in [0.717, 1.165) is 31.6 Å². The number of rotatable bonds is 5. The van der Waals surface area contributed by atoms with E-state index < -0.39 is 0 Å². The van der Waals surface area contributed by atoms with Crippen molar-refractivity contribution >= 4 is 10.8 Å². The van der Waals surface area contributed by atoms with Crippen LogP contribution in [0.15, 0.2) is 36.4 Å². The van der Waals surface area contributed by atoms with Gasteiger partial charge in [-0.15, -0.1) is 0 Å². The molecule has 0 bridgehead atoms. The molecule has 0 aliphatic carbocycles. The largest absolute Gasteiger partial charge is 0.488 e. The summed E-state index contributed by atoms with van der Waals surface area (Å²) in [5.41, 5.74) is 7.42. The molecule has 3 nitrogen and oxygen atoms in total. The Morgan fingerprint density at radius 3 is 2.90 bits per heavy atom. The van der Waals surface area contributed by atoms with Gasteiger partial charge >= 0.3 is 0 Å². The van der Waals surface area contributed by atoms with Crippen LogP contribution in [0.25, 0.3) is 10.8 Å². The van der Waals surface area contributed by atoms with Crippen LogP contribution in [0.4, 0.5) is 0 Å². The van der Waals surface area contributed by atoms with Gasteiger partial charge in [-0.1, -0.05) is 37.3 Å². The van der Waals surface area contributed by atoms with Gasteiger partial charge in [0.2, 0.25) is 0 Å². The lowest BCUT2D eigenvalue weighted by molar-refractivity contribution is 0.140. The van der Waals surface area contributed by atoms with Gasteiger partial charge in [0.1, 0.15) is 11.9 Å². The second-order valence-corrected chi connectivity index (χ2v) is 5.74. The fraction of sp³-hybridized carbons (Fsp3) is 0.444. The molecule has 1 fully saturated rings. The summed E-state index contributed by atoms with van der Waals surface area (Å²) in [5, 5.41) is 2.49. The first-order valence-electron chi connectivity index (χ1n) is 7.78. The lowest BCUT2D eigenvalue weighted by Crippen LogP contribution is -2.23. The number of ether oxygens (including phenoxy) is 2. The first-order valence-corrected chi connectivity index (χ1v) is 7.78. The third-order valence-corrected chi connectivity index (χ3v) is 4.17. The highest BCUT2D eigenvalue weighted by molar-refractivity contribution is 5.87. The molecule has 2 aromatic rings. The fourth-order valence-electron chi connectivity index (χ4n) is 2.83. The third-order valence-electron chi connectivity index (χ3n) is 4.17. The molecule has 0 saturated carbocycles. The molecule has 1 aliphatic heterocycles. The van der Waals surface area contributed by atoms with Crippen LogP contribution >= 0.6 is 0 Å². The molecule has 1 saturated heterocycles. The van der Waals surface area contributed by atoms with E-state index in [0.29, 0.717) is 6.61 Å². The molecule has 3 heteroatoms. The maximum atomic E-state index is 6.19. The van der Waals surface area contributed by atoms with Gasteiger partial charge in [-0.05, 0) is 29.7 Å². The predicted octanol–water partition coefficient (Wildman–Crippen LogP) is 3.29. The summed E-state index contributed by atoms with van der Waals surface area (Å²) in [6.45, 7) is 3.61. The SMILES string of the molecule is CCC(N)Cc1c(OC2CCOC2)ccc2ccccc12. The number of nitrogens with two attached hydrogens (primary N) is 1. The number of hydrogen-bond acceptors (Lipinski definition) is 3. The van der Waals surface area contributed by atoms with Gasteiger partial charge in [-0.25, -0.2) is 0 Å². The van der Waals surface area contributed by atoms with E-state index in [1.165, 1.54) is 16.3 Å².